The first kappa shape index (κ1) is 11.8. The van der Waals surface area contributed by atoms with Crippen LogP contribution in [0.4, 0.5) is 0 Å². The van der Waals surface area contributed by atoms with Crippen LogP contribution in [0.1, 0.15) is 38.2 Å². The van der Waals surface area contributed by atoms with Gasteiger partial charge in [-0.3, -0.25) is 4.98 Å². The molecule has 1 heterocycles. The minimum atomic E-state index is 0.255. The van der Waals surface area contributed by atoms with Crippen LogP contribution in [0.2, 0.25) is 0 Å². The molecule has 0 aliphatic heterocycles. The lowest BCUT2D eigenvalue weighted by Gasteiger charge is -2.13. The summed E-state index contributed by atoms with van der Waals surface area (Å²) in [5, 5.41) is 1.17. The summed E-state index contributed by atoms with van der Waals surface area (Å²) in [6, 6.07) is 10.3. The number of nitrogens with zero attached hydrogens (tertiary/aromatic N) is 1. The molecule has 0 aliphatic carbocycles. The molecular formula is C15H17NO. The van der Waals surface area contributed by atoms with E-state index in [1.807, 2.05) is 12.3 Å². The SMILES string of the molecule is CC(=O)CCC(C)c1cccc2cccnc12. The summed E-state index contributed by atoms with van der Waals surface area (Å²) < 4.78 is 0. The average molecular weight is 227 g/mol. The van der Waals surface area contributed by atoms with E-state index >= 15 is 0 Å². The summed E-state index contributed by atoms with van der Waals surface area (Å²) in [7, 11) is 0. The standard InChI is InChI=1S/C15H17NO/c1-11(8-9-12(2)17)14-7-3-5-13-6-4-10-16-15(13)14/h3-7,10-11H,8-9H2,1-2H3. The van der Waals surface area contributed by atoms with Crippen LogP contribution in [0.3, 0.4) is 0 Å². The van der Waals surface area contributed by atoms with Gasteiger partial charge in [-0.15, -0.1) is 0 Å². The van der Waals surface area contributed by atoms with Crippen molar-refractivity contribution in [3.05, 3.63) is 42.1 Å². The lowest BCUT2D eigenvalue weighted by Crippen LogP contribution is -1.99. The number of para-hydroxylation sites is 1. The van der Waals surface area contributed by atoms with E-state index in [-0.39, 0.29) is 5.78 Å². The molecule has 0 saturated carbocycles. The fourth-order valence-electron chi connectivity index (χ4n) is 2.10. The first-order valence-electron chi connectivity index (χ1n) is 6.01. The maximum absolute atomic E-state index is 11.0. The van der Waals surface area contributed by atoms with Gasteiger partial charge >= 0.3 is 0 Å². The molecule has 1 aromatic carbocycles. The van der Waals surface area contributed by atoms with Gasteiger partial charge in [-0.1, -0.05) is 31.2 Å². The van der Waals surface area contributed by atoms with Crippen molar-refractivity contribution < 1.29 is 4.79 Å². The molecular weight excluding hydrogens is 210 g/mol. The number of hydrogen-bond acceptors (Lipinski definition) is 2. The topological polar surface area (TPSA) is 30.0 Å². The molecule has 0 amide bonds. The van der Waals surface area contributed by atoms with Crippen molar-refractivity contribution in [3.8, 4) is 0 Å². The monoisotopic (exact) mass is 227 g/mol. The molecule has 1 atom stereocenters. The number of carbonyl (C=O) groups excluding carboxylic acids is 1. The Kier molecular flexibility index (Phi) is 3.52. The van der Waals surface area contributed by atoms with Gasteiger partial charge in [0.05, 0.1) is 5.52 Å². The summed E-state index contributed by atoms with van der Waals surface area (Å²) in [6.07, 6.45) is 3.36. The van der Waals surface area contributed by atoms with E-state index in [1.165, 1.54) is 10.9 Å². The van der Waals surface area contributed by atoms with Crippen molar-refractivity contribution in [2.24, 2.45) is 0 Å². The molecule has 2 rings (SSSR count). The largest absolute Gasteiger partial charge is 0.300 e. The van der Waals surface area contributed by atoms with Crippen molar-refractivity contribution in [3.63, 3.8) is 0 Å². The maximum Gasteiger partial charge on any atom is 0.129 e. The fourth-order valence-corrected chi connectivity index (χ4v) is 2.10. The second-order valence-electron chi connectivity index (χ2n) is 4.56. The van der Waals surface area contributed by atoms with Crippen LogP contribution in [0.5, 0.6) is 0 Å². The lowest BCUT2D eigenvalue weighted by atomic mass is 9.93. The van der Waals surface area contributed by atoms with Gasteiger partial charge in [0.2, 0.25) is 0 Å². The number of carbonyl (C=O) groups is 1. The molecule has 0 bridgehead atoms. The van der Waals surface area contributed by atoms with E-state index in [4.69, 9.17) is 0 Å². The average Bonchev–Trinajstić information content (AvgIpc) is 2.35. The number of aromatic nitrogens is 1. The third-order valence-corrected chi connectivity index (χ3v) is 3.12. The van der Waals surface area contributed by atoms with Crippen LogP contribution in [0.15, 0.2) is 36.5 Å². The van der Waals surface area contributed by atoms with E-state index in [0.29, 0.717) is 12.3 Å². The summed E-state index contributed by atoms with van der Waals surface area (Å²) in [5.74, 6) is 0.627. The third-order valence-electron chi connectivity index (χ3n) is 3.12. The Morgan fingerprint density at radius 2 is 2.06 bits per heavy atom. The minimum Gasteiger partial charge on any atom is -0.300 e. The van der Waals surface area contributed by atoms with Crippen LogP contribution >= 0.6 is 0 Å². The maximum atomic E-state index is 11.0. The Morgan fingerprint density at radius 1 is 1.29 bits per heavy atom. The zero-order valence-electron chi connectivity index (χ0n) is 10.3. The number of ketones is 1. The Labute approximate surface area is 102 Å². The van der Waals surface area contributed by atoms with Gasteiger partial charge in [0.15, 0.2) is 0 Å². The van der Waals surface area contributed by atoms with Crippen LogP contribution in [0.25, 0.3) is 10.9 Å². The van der Waals surface area contributed by atoms with Crippen molar-refractivity contribution in [2.75, 3.05) is 0 Å². The molecule has 2 aromatic rings. The zero-order valence-corrected chi connectivity index (χ0v) is 10.3. The predicted octanol–water partition coefficient (Wildman–Crippen LogP) is 3.71. The summed E-state index contributed by atoms with van der Waals surface area (Å²) in [5.41, 5.74) is 2.30. The van der Waals surface area contributed by atoms with E-state index in [1.54, 1.807) is 6.92 Å². The van der Waals surface area contributed by atoms with Gasteiger partial charge in [-0.2, -0.15) is 0 Å². The van der Waals surface area contributed by atoms with E-state index in [9.17, 15) is 4.79 Å². The van der Waals surface area contributed by atoms with Gasteiger partial charge in [0, 0.05) is 18.0 Å². The molecule has 2 nitrogen and oxygen atoms in total. The minimum absolute atomic E-state index is 0.255. The third kappa shape index (κ3) is 2.70. The summed E-state index contributed by atoms with van der Waals surface area (Å²) in [4.78, 5) is 15.5. The van der Waals surface area contributed by atoms with Crippen LogP contribution in [-0.2, 0) is 4.79 Å². The molecule has 1 aromatic heterocycles. The van der Waals surface area contributed by atoms with Crippen LogP contribution in [0, 0.1) is 0 Å². The highest BCUT2D eigenvalue weighted by Crippen LogP contribution is 2.26. The number of Topliss-reactive ketones (excluding diaryl/α,β-unsaturated/α-hetero) is 1. The molecule has 1 unspecified atom stereocenters. The normalized spacial score (nSPS) is 12.6. The second kappa shape index (κ2) is 5.09. The number of rotatable bonds is 4. The van der Waals surface area contributed by atoms with E-state index in [2.05, 4.69) is 36.2 Å². The highest BCUT2D eigenvalue weighted by atomic mass is 16.1. The second-order valence-corrected chi connectivity index (χ2v) is 4.56. The van der Waals surface area contributed by atoms with Crippen molar-refractivity contribution >= 4 is 16.7 Å². The molecule has 2 heteroatoms. The molecule has 0 radical (unpaired) electrons. The number of pyridine rings is 1. The van der Waals surface area contributed by atoms with Gasteiger partial charge in [0.1, 0.15) is 5.78 Å². The lowest BCUT2D eigenvalue weighted by molar-refractivity contribution is -0.117. The Hall–Kier alpha value is -1.70. The highest BCUT2D eigenvalue weighted by Gasteiger charge is 2.10. The van der Waals surface area contributed by atoms with E-state index in [0.717, 1.165) is 11.9 Å². The fraction of sp³-hybridized carbons (Fsp3) is 0.333. The molecule has 0 fully saturated rings. The predicted molar refractivity (Wildman–Crippen MR) is 70.1 cm³/mol. The van der Waals surface area contributed by atoms with Crippen molar-refractivity contribution in [2.45, 2.75) is 32.6 Å². The summed E-state index contributed by atoms with van der Waals surface area (Å²) in [6.45, 7) is 3.81. The smallest absolute Gasteiger partial charge is 0.129 e. The molecule has 0 aliphatic rings. The quantitative estimate of drug-likeness (QED) is 0.797. The first-order chi connectivity index (χ1) is 8.18. The molecule has 0 saturated heterocycles. The van der Waals surface area contributed by atoms with Crippen molar-refractivity contribution in [1.82, 2.24) is 4.98 Å². The van der Waals surface area contributed by atoms with Gasteiger partial charge in [-0.05, 0) is 30.9 Å². The van der Waals surface area contributed by atoms with Crippen LogP contribution < -0.4 is 0 Å². The highest BCUT2D eigenvalue weighted by molar-refractivity contribution is 5.82. The molecule has 0 N–H and O–H groups in total. The Bertz CT molecular complexity index is 528. The zero-order chi connectivity index (χ0) is 12.3. The van der Waals surface area contributed by atoms with Gasteiger partial charge < -0.3 is 4.79 Å². The Balaban J connectivity index is 2.31. The molecule has 17 heavy (non-hydrogen) atoms. The van der Waals surface area contributed by atoms with Gasteiger partial charge in [0.25, 0.3) is 0 Å². The van der Waals surface area contributed by atoms with Crippen LogP contribution in [-0.4, -0.2) is 10.8 Å². The van der Waals surface area contributed by atoms with Crippen molar-refractivity contribution in [1.29, 1.82) is 0 Å². The summed E-state index contributed by atoms with van der Waals surface area (Å²) >= 11 is 0. The van der Waals surface area contributed by atoms with E-state index < -0.39 is 0 Å². The number of benzene rings is 1. The number of hydrogen-bond donors (Lipinski definition) is 0. The number of fused-ring (bicyclic) bond motifs is 1. The molecule has 88 valence electrons. The molecule has 0 spiro atoms. The first-order valence-corrected chi connectivity index (χ1v) is 6.01. The van der Waals surface area contributed by atoms with Gasteiger partial charge in [-0.25, -0.2) is 0 Å². The Morgan fingerprint density at radius 3 is 2.82 bits per heavy atom.